The van der Waals surface area contributed by atoms with Crippen LogP contribution < -0.4 is 4.90 Å². The van der Waals surface area contributed by atoms with Gasteiger partial charge in [0.2, 0.25) is 0 Å². The quantitative estimate of drug-likeness (QED) is 0.808. The predicted molar refractivity (Wildman–Crippen MR) is 74.1 cm³/mol. The molecule has 0 unspecified atom stereocenters. The maximum Gasteiger partial charge on any atom is 0.0605 e. The lowest BCUT2D eigenvalue weighted by Crippen LogP contribution is -2.37. The average Bonchev–Trinajstić information content (AvgIpc) is 2.38. The zero-order valence-electron chi connectivity index (χ0n) is 11.2. The molecule has 1 heterocycles. The van der Waals surface area contributed by atoms with E-state index in [2.05, 4.69) is 29.2 Å². The van der Waals surface area contributed by atoms with E-state index in [1.807, 2.05) is 7.11 Å². The molecule has 1 radical (unpaired) electrons. The first-order chi connectivity index (χ1) is 8.88. The summed E-state index contributed by atoms with van der Waals surface area (Å²) < 4.78 is 5.45. The van der Waals surface area contributed by atoms with Gasteiger partial charge >= 0.3 is 0 Å². The highest BCUT2D eigenvalue weighted by Gasteiger charge is 2.26. The zero-order valence-corrected chi connectivity index (χ0v) is 11.2. The molecule has 0 N–H and O–H groups in total. The van der Waals surface area contributed by atoms with Crippen molar-refractivity contribution in [2.45, 2.75) is 44.1 Å². The van der Waals surface area contributed by atoms with Crippen LogP contribution in [0.1, 0.15) is 43.6 Å². The topological polar surface area (TPSA) is 12.5 Å². The van der Waals surface area contributed by atoms with E-state index in [-0.39, 0.29) is 0 Å². The van der Waals surface area contributed by atoms with E-state index in [4.69, 9.17) is 4.74 Å². The van der Waals surface area contributed by atoms with Gasteiger partial charge in [-0.3, -0.25) is 0 Å². The van der Waals surface area contributed by atoms with Gasteiger partial charge in [-0.15, -0.1) is 0 Å². The van der Waals surface area contributed by atoms with Crippen molar-refractivity contribution >= 4 is 5.69 Å². The SMILES string of the molecule is COC1CCN(c2cc[c]cc2C2CCC2)CC1. The number of hydrogen-bond donors (Lipinski definition) is 0. The lowest BCUT2D eigenvalue weighted by molar-refractivity contribution is 0.0818. The Morgan fingerprint density at radius 2 is 2.00 bits per heavy atom. The number of methoxy groups -OCH3 is 1. The lowest BCUT2D eigenvalue weighted by atomic mass is 9.79. The summed E-state index contributed by atoms with van der Waals surface area (Å²) in [5.74, 6) is 0.789. The Morgan fingerprint density at radius 3 is 2.61 bits per heavy atom. The second-order valence-corrected chi connectivity index (χ2v) is 5.53. The van der Waals surface area contributed by atoms with Gasteiger partial charge < -0.3 is 9.64 Å². The molecule has 2 fully saturated rings. The molecule has 0 spiro atoms. The summed E-state index contributed by atoms with van der Waals surface area (Å²) in [7, 11) is 1.83. The first-order valence-electron chi connectivity index (χ1n) is 7.16. The number of hydrogen-bond acceptors (Lipinski definition) is 2. The predicted octanol–water partition coefficient (Wildman–Crippen LogP) is 3.37. The fourth-order valence-corrected chi connectivity index (χ4v) is 3.10. The summed E-state index contributed by atoms with van der Waals surface area (Å²) in [6.07, 6.45) is 6.88. The van der Waals surface area contributed by atoms with Crippen LogP contribution in [0, 0.1) is 6.07 Å². The summed E-state index contributed by atoms with van der Waals surface area (Å²) in [4.78, 5) is 2.54. The first-order valence-corrected chi connectivity index (χ1v) is 7.16. The van der Waals surface area contributed by atoms with Crippen LogP contribution in [-0.4, -0.2) is 26.3 Å². The largest absolute Gasteiger partial charge is 0.381 e. The van der Waals surface area contributed by atoms with Crippen molar-refractivity contribution in [2.75, 3.05) is 25.1 Å². The normalized spacial score (nSPS) is 21.9. The third kappa shape index (κ3) is 2.26. The Labute approximate surface area is 110 Å². The standard InChI is InChI=1S/C16H22NO/c1-18-14-9-11-17(12-10-14)16-8-3-2-7-15(16)13-5-4-6-13/h3,7-8,13-14H,4-6,9-12H2,1H3. The smallest absolute Gasteiger partial charge is 0.0605 e. The molecule has 1 aliphatic heterocycles. The molecule has 2 aliphatic rings. The molecule has 3 rings (SSSR count). The van der Waals surface area contributed by atoms with Gasteiger partial charge in [0, 0.05) is 25.9 Å². The highest BCUT2D eigenvalue weighted by atomic mass is 16.5. The minimum atomic E-state index is 0.462. The molecule has 0 aromatic heterocycles. The van der Waals surface area contributed by atoms with Crippen molar-refractivity contribution in [3.63, 3.8) is 0 Å². The number of rotatable bonds is 3. The molecule has 1 saturated heterocycles. The summed E-state index contributed by atoms with van der Waals surface area (Å²) in [6.45, 7) is 2.25. The maximum atomic E-state index is 5.45. The zero-order chi connectivity index (χ0) is 12.4. The lowest BCUT2D eigenvalue weighted by Gasteiger charge is -2.37. The Kier molecular flexibility index (Phi) is 3.55. The number of benzene rings is 1. The van der Waals surface area contributed by atoms with Crippen LogP contribution >= 0.6 is 0 Å². The number of piperidine rings is 1. The van der Waals surface area contributed by atoms with Gasteiger partial charge in [0.25, 0.3) is 0 Å². The summed E-state index contributed by atoms with van der Waals surface area (Å²) >= 11 is 0. The fourth-order valence-electron chi connectivity index (χ4n) is 3.10. The van der Waals surface area contributed by atoms with E-state index in [1.165, 1.54) is 30.5 Å². The minimum absolute atomic E-state index is 0.462. The number of ether oxygens (including phenoxy) is 1. The van der Waals surface area contributed by atoms with Gasteiger partial charge in [0.05, 0.1) is 6.10 Å². The highest BCUT2D eigenvalue weighted by Crippen LogP contribution is 2.41. The monoisotopic (exact) mass is 244 g/mol. The third-order valence-electron chi connectivity index (χ3n) is 4.53. The molecule has 2 heteroatoms. The molecular formula is C16H22NO. The van der Waals surface area contributed by atoms with Crippen LogP contribution in [-0.2, 0) is 4.74 Å². The van der Waals surface area contributed by atoms with Crippen molar-refractivity contribution < 1.29 is 4.74 Å². The average molecular weight is 244 g/mol. The maximum absolute atomic E-state index is 5.45. The van der Waals surface area contributed by atoms with Crippen molar-refractivity contribution in [1.29, 1.82) is 0 Å². The number of anilines is 1. The molecule has 1 aromatic carbocycles. The van der Waals surface area contributed by atoms with Gasteiger partial charge in [0.15, 0.2) is 0 Å². The molecule has 1 aromatic rings. The van der Waals surface area contributed by atoms with Crippen molar-refractivity contribution in [3.05, 3.63) is 29.8 Å². The van der Waals surface area contributed by atoms with Crippen molar-refractivity contribution in [2.24, 2.45) is 0 Å². The highest BCUT2D eigenvalue weighted by molar-refractivity contribution is 5.55. The Bertz CT molecular complexity index is 392. The molecule has 97 valence electrons. The van der Waals surface area contributed by atoms with E-state index in [0.717, 1.165) is 31.8 Å². The van der Waals surface area contributed by atoms with Crippen LogP contribution in [0.4, 0.5) is 5.69 Å². The molecule has 0 amide bonds. The van der Waals surface area contributed by atoms with Gasteiger partial charge in [-0.25, -0.2) is 0 Å². The van der Waals surface area contributed by atoms with Gasteiger partial charge in [-0.05, 0) is 55.4 Å². The van der Waals surface area contributed by atoms with Crippen molar-refractivity contribution in [1.82, 2.24) is 0 Å². The Morgan fingerprint density at radius 1 is 1.22 bits per heavy atom. The molecule has 0 atom stereocenters. The van der Waals surface area contributed by atoms with Crippen LogP contribution in [0.5, 0.6) is 0 Å². The summed E-state index contributed by atoms with van der Waals surface area (Å²) in [6, 6.07) is 9.77. The second-order valence-electron chi connectivity index (χ2n) is 5.53. The summed E-state index contributed by atoms with van der Waals surface area (Å²) in [5, 5.41) is 0. The molecular weight excluding hydrogens is 222 g/mol. The van der Waals surface area contributed by atoms with Gasteiger partial charge in [0.1, 0.15) is 0 Å². The molecule has 2 nitrogen and oxygen atoms in total. The van der Waals surface area contributed by atoms with E-state index in [1.54, 1.807) is 0 Å². The van der Waals surface area contributed by atoms with Crippen LogP contribution in [0.2, 0.25) is 0 Å². The van der Waals surface area contributed by atoms with Gasteiger partial charge in [-0.1, -0.05) is 12.5 Å². The van der Waals surface area contributed by atoms with Crippen LogP contribution in [0.3, 0.4) is 0 Å². The van der Waals surface area contributed by atoms with E-state index in [9.17, 15) is 0 Å². The van der Waals surface area contributed by atoms with E-state index >= 15 is 0 Å². The molecule has 1 aliphatic carbocycles. The van der Waals surface area contributed by atoms with Gasteiger partial charge in [-0.2, -0.15) is 0 Å². The Hall–Kier alpha value is -1.02. The molecule has 1 saturated carbocycles. The van der Waals surface area contributed by atoms with E-state index in [0.29, 0.717) is 6.10 Å². The summed E-state index contributed by atoms with van der Waals surface area (Å²) in [5.41, 5.74) is 2.98. The van der Waals surface area contributed by atoms with Crippen LogP contribution in [0.25, 0.3) is 0 Å². The third-order valence-corrected chi connectivity index (χ3v) is 4.53. The first kappa shape index (κ1) is 12.0. The van der Waals surface area contributed by atoms with Crippen molar-refractivity contribution in [3.8, 4) is 0 Å². The molecule has 0 bridgehead atoms. The Balaban J connectivity index is 1.75. The van der Waals surface area contributed by atoms with Crippen LogP contribution in [0.15, 0.2) is 18.2 Å². The second kappa shape index (κ2) is 5.31. The number of nitrogens with zero attached hydrogens (tertiary/aromatic N) is 1. The fraction of sp³-hybridized carbons (Fsp3) is 0.625. The van der Waals surface area contributed by atoms with E-state index < -0.39 is 0 Å². The molecule has 18 heavy (non-hydrogen) atoms. The minimum Gasteiger partial charge on any atom is -0.381 e.